The molecule has 0 radical (unpaired) electrons. The molecule has 1 aliphatic rings. The van der Waals surface area contributed by atoms with E-state index in [2.05, 4.69) is 19.2 Å². The molecule has 7 heteroatoms. The Morgan fingerprint density at radius 2 is 1.24 bits per heavy atom. The summed E-state index contributed by atoms with van der Waals surface area (Å²) in [5.41, 5.74) is 0.868. The average Bonchev–Trinajstić information content (AvgIpc) is 2.82. The Kier molecular flexibility index (Phi) is 7.40. The molecule has 2 N–H and O–H groups in total. The van der Waals surface area contributed by atoms with Crippen LogP contribution >= 0.6 is 0 Å². The second kappa shape index (κ2) is 10.4. The molecule has 0 heterocycles. The molecule has 0 aliphatic heterocycles. The Morgan fingerprint density at radius 3 is 1.66 bits per heavy atom. The summed E-state index contributed by atoms with van der Waals surface area (Å²) in [6.07, 6.45) is 1.98. The van der Waals surface area contributed by atoms with E-state index in [1.54, 1.807) is 12.1 Å². The lowest BCUT2D eigenvalue weighted by Gasteiger charge is -2.42. The van der Waals surface area contributed by atoms with Crippen LogP contribution in [0.1, 0.15) is 75.4 Å². The van der Waals surface area contributed by atoms with Crippen LogP contribution in [0.2, 0.25) is 0 Å². The Labute approximate surface area is 223 Å². The maximum Gasteiger partial charge on any atom is 0.410 e. The zero-order valence-corrected chi connectivity index (χ0v) is 22.5. The fraction of sp³-hybridized carbons (Fsp3) is 0.355. The smallest absolute Gasteiger partial charge is 0.410 e. The average molecular weight is 518 g/mol. The van der Waals surface area contributed by atoms with Gasteiger partial charge in [-0.1, -0.05) is 38.1 Å². The van der Waals surface area contributed by atoms with Crippen molar-refractivity contribution in [3.8, 4) is 17.2 Å². The van der Waals surface area contributed by atoms with E-state index in [9.17, 15) is 9.59 Å². The van der Waals surface area contributed by atoms with Gasteiger partial charge in [0.15, 0.2) is 5.72 Å². The number of hydrogen-bond donors (Lipinski definition) is 2. The lowest BCUT2D eigenvalue weighted by atomic mass is 9.78. The van der Waals surface area contributed by atoms with Gasteiger partial charge in [-0.2, -0.15) is 0 Å². The summed E-state index contributed by atoms with van der Waals surface area (Å²) in [6, 6.07) is 22.1. The van der Waals surface area contributed by atoms with Crippen molar-refractivity contribution < 1.29 is 28.9 Å². The Balaban J connectivity index is 1.41. The molecule has 1 fully saturated rings. The number of carboxylic acids is 1. The molecule has 3 aromatic carbocycles. The van der Waals surface area contributed by atoms with Crippen molar-refractivity contribution >= 4 is 12.1 Å². The van der Waals surface area contributed by atoms with Crippen molar-refractivity contribution in [1.82, 2.24) is 5.32 Å². The highest BCUT2D eigenvalue weighted by Gasteiger charge is 2.42. The van der Waals surface area contributed by atoms with Crippen molar-refractivity contribution in [2.24, 2.45) is 0 Å². The van der Waals surface area contributed by atoms with Gasteiger partial charge >= 0.3 is 12.1 Å². The van der Waals surface area contributed by atoms with Crippen LogP contribution in [0.15, 0.2) is 72.8 Å². The van der Waals surface area contributed by atoms with Crippen LogP contribution in [0.4, 0.5) is 4.79 Å². The molecule has 3 aromatic rings. The monoisotopic (exact) mass is 517 g/mol. The number of carbonyl (C=O) groups is 2. The van der Waals surface area contributed by atoms with Crippen LogP contribution in [0.25, 0.3) is 0 Å². The molecule has 0 bridgehead atoms. The van der Waals surface area contributed by atoms with Crippen LogP contribution in [0, 0.1) is 0 Å². The van der Waals surface area contributed by atoms with Gasteiger partial charge in [0.2, 0.25) is 0 Å². The van der Waals surface area contributed by atoms with Crippen LogP contribution < -0.4 is 14.8 Å². The van der Waals surface area contributed by atoms with E-state index in [0.29, 0.717) is 17.2 Å². The summed E-state index contributed by atoms with van der Waals surface area (Å²) >= 11 is 0. The van der Waals surface area contributed by atoms with Gasteiger partial charge in [-0.3, -0.25) is 5.32 Å². The number of ether oxygens (including phenoxy) is 3. The topological polar surface area (TPSA) is 94.1 Å². The molecule has 0 atom stereocenters. The van der Waals surface area contributed by atoms with E-state index in [-0.39, 0.29) is 11.0 Å². The van der Waals surface area contributed by atoms with Crippen molar-refractivity contribution in [2.45, 2.75) is 70.6 Å². The Morgan fingerprint density at radius 1 is 0.763 bits per heavy atom. The minimum atomic E-state index is -0.970. The summed E-state index contributed by atoms with van der Waals surface area (Å²) in [5.74, 6) is 0.961. The molecule has 1 amide bonds. The normalized spacial score (nSPS) is 14.7. The standard InChI is InChI=1S/C31H35NO6/c1-29(2,3)38-28(35)32-31(19-6-20-31)37-26-17-11-23(12-18-26)30(4,5)22-9-15-25(16-10-22)36-24-13-7-21(8-14-24)27(33)34/h7-18H,6,19-20H2,1-5H3,(H,32,35)(H,33,34). The largest absolute Gasteiger partial charge is 0.478 e. The van der Waals surface area contributed by atoms with E-state index in [1.807, 2.05) is 69.3 Å². The van der Waals surface area contributed by atoms with E-state index in [1.165, 1.54) is 12.1 Å². The second-order valence-corrected chi connectivity index (χ2v) is 11.2. The maximum absolute atomic E-state index is 12.3. The van der Waals surface area contributed by atoms with Gasteiger partial charge in [0.25, 0.3) is 0 Å². The minimum Gasteiger partial charge on any atom is -0.478 e. The predicted octanol–water partition coefficient (Wildman–Crippen LogP) is 7.29. The SMILES string of the molecule is CC(C)(C)OC(=O)NC1(Oc2ccc(C(C)(C)c3ccc(Oc4ccc(C(=O)O)cc4)cc3)cc2)CCC1. The van der Waals surface area contributed by atoms with Crippen LogP contribution in [0.3, 0.4) is 0 Å². The highest BCUT2D eigenvalue weighted by Crippen LogP contribution is 2.37. The zero-order chi connectivity index (χ0) is 27.6. The number of nitrogens with one attached hydrogen (secondary N) is 1. The third-order valence-electron chi connectivity index (χ3n) is 6.69. The van der Waals surface area contributed by atoms with Gasteiger partial charge in [0, 0.05) is 18.3 Å². The Hall–Kier alpha value is -4.00. The molecule has 0 spiro atoms. The molecule has 7 nitrogen and oxygen atoms in total. The highest BCUT2D eigenvalue weighted by molar-refractivity contribution is 5.87. The lowest BCUT2D eigenvalue weighted by molar-refractivity contribution is -0.0458. The van der Waals surface area contributed by atoms with Crippen molar-refractivity contribution in [3.63, 3.8) is 0 Å². The quantitative estimate of drug-likeness (QED) is 0.305. The first-order valence-electron chi connectivity index (χ1n) is 12.8. The first-order valence-corrected chi connectivity index (χ1v) is 12.8. The molecule has 1 saturated carbocycles. The third kappa shape index (κ3) is 6.46. The van der Waals surface area contributed by atoms with Gasteiger partial charge in [-0.15, -0.1) is 0 Å². The minimum absolute atomic E-state index is 0.216. The molecule has 0 saturated heterocycles. The summed E-state index contributed by atoms with van der Waals surface area (Å²) in [6.45, 7) is 9.82. The third-order valence-corrected chi connectivity index (χ3v) is 6.69. The van der Waals surface area contributed by atoms with E-state index in [0.717, 1.165) is 30.4 Å². The van der Waals surface area contributed by atoms with Crippen LogP contribution in [0.5, 0.6) is 17.2 Å². The number of amides is 1. The van der Waals surface area contributed by atoms with Gasteiger partial charge in [0.05, 0.1) is 5.56 Å². The lowest BCUT2D eigenvalue weighted by Crippen LogP contribution is -2.58. The number of benzene rings is 3. The number of alkyl carbamates (subject to hydrolysis) is 1. The van der Waals surface area contributed by atoms with E-state index in [4.69, 9.17) is 19.3 Å². The van der Waals surface area contributed by atoms with Gasteiger partial charge in [-0.05, 0) is 86.8 Å². The van der Waals surface area contributed by atoms with Crippen LogP contribution in [-0.2, 0) is 10.2 Å². The predicted molar refractivity (Wildman–Crippen MR) is 145 cm³/mol. The first-order chi connectivity index (χ1) is 17.9. The molecule has 0 aromatic heterocycles. The van der Waals surface area contributed by atoms with Crippen molar-refractivity contribution in [3.05, 3.63) is 89.5 Å². The van der Waals surface area contributed by atoms with Gasteiger partial charge in [0.1, 0.15) is 22.8 Å². The summed E-state index contributed by atoms with van der Waals surface area (Å²) in [5, 5.41) is 12.0. The summed E-state index contributed by atoms with van der Waals surface area (Å²) in [7, 11) is 0. The van der Waals surface area contributed by atoms with Crippen molar-refractivity contribution in [1.29, 1.82) is 0 Å². The molecular weight excluding hydrogens is 482 g/mol. The number of rotatable bonds is 8. The molecule has 200 valence electrons. The second-order valence-electron chi connectivity index (χ2n) is 11.2. The van der Waals surface area contributed by atoms with E-state index < -0.39 is 23.4 Å². The van der Waals surface area contributed by atoms with E-state index >= 15 is 0 Å². The highest BCUT2D eigenvalue weighted by atomic mass is 16.6. The Bertz CT molecular complexity index is 1270. The molecule has 0 unspecified atom stereocenters. The number of hydrogen-bond acceptors (Lipinski definition) is 5. The van der Waals surface area contributed by atoms with Gasteiger partial charge < -0.3 is 19.3 Å². The van der Waals surface area contributed by atoms with Crippen LogP contribution in [-0.4, -0.2) is 28.5 Å². The summed E-state index contributed by atoms with van der Waals surface area (Å²) < 4.78 is 17.5. The number of aromatic carboxylic acids is 1. The molecule has 1 aliphatic carbocycles. The summed E-state index contributed by atoms with van der Waals surface area (Å²) in [4.78, 5) is 23.3. The molecular formula is C31H35NO6. The number of carbonyl (C=O) groups excluding carboxylic acids is 1. The number of carboxylic acid groups (broad SMARTS) is 1. The van der Waals surface area contributed by atoms with Crippen molar-refractivity contribution in [2.75, 3.05) is 0 Å². The molecule has 4 rings (SSSR count). The molecule has 38 heavy (non-hydrogen) atoms. The fourth-order valence-corrected chi connectivity index (χ4v) is 4.31. The van der Waals surface area contributed by atoms with Gasteiger partial charge in [-0.25, -0.2) is 9.59 Å². The zero-order valence-electron chi connectivity index (χ0n) is 22.5. The maximum atomic E-state index is 12.3. The fourth-order valence-electron chi connectivity index (χ4n) is 4.31. The first kappa shape index (κ1) is 27.0.